The number of hydrogen-bond donors (Lipinski definition) is 3. The molecule has 0 saturated heterocycles. The summed E-state index contributed by atoms with van der Waals surface area (Å²) in [4.78, 5) is 26.0. The summed E-state index contributed by atoms with van der Waals surface area (Å²) in [5.74, 6) is -0.502. The fraction of sp³-hybridized carbons (Fsp3) is 0.840. The number of rotatable bonds is 43. The quantitative estimate of drug-likeness (QED) is 0.0325. The fourth-order valence-corrected chi connectivity index (χ4v) is 7.37. The van der Waals surface area contributed by atoms with Gasteiger partial charge >= 0.3 is 5.97 Å². The number of hydrogen-bond acceptors (Lipinski definition) is 5. The van der Waals surface area contributed by atoms with Crippen molar-refractivity contribution in [3.8, 4) is 0 Å². The van der Waals surface area contributed by atoms with Crippen molar-refractivity contribution >= 4 is 11.9 Å². The second-order valence-electron chi connectivity index (χ2n) is 16.6. The first-order valence-corrected chi connectivity index (χ1v) is 24.2. The summed E-state index contributed by atoms with van der Waals surface area (Å²) in [7, 11) is 0. The fourth-order valence-electron chi connectivity index (χ4n) is 7.37. The summed E-state index contributed by atoms with van der Waals surface area (Å²) < 4.78 is 5.90. The normalized spacial score (nSPS) is 13.6. The molecule has 0 saturated carbocycles. The van der Waals surface area contributed by atoms with Gasteiger partial charge in [-0.2, -0.15) is 0 Å². The maximum absolute atomic E-state index is 13.1. The highest BCUT2D eigenvalue weighted by atomic mass is 16.5. The minimum Gasteiger partial charge on any atom is -0.462 e. The number of aliphatic hydroxyl groups excluding tert-OH is 2. The number of nitrogens with one attached hydrogen (secondary N) is 1. The largest absolute Gasteiger partial charge is 0.462 e. The second kappa shape index (κ2) is 44.2. The average Bonchev–Trinajstić information content (AvgIpc) is 3.19. The first-order valence-electron chi connectivity index (χ1n) is 24.2. The van der Waals surface area contributed by atoms with E-state index < -0.39 is 18.2 Å². The molecule has 0 aromatic rings. The monoisotopic (exact) mass is 788 g/mol. The molecule has 328 valence electrons. The molecule has 56 heavy (non-hydrogen) atoms. The molecule has 0 radical (unpaired) electrons. The molecule has 0 aliphatic heterocycles. The van der Waals surface area contributed by atoms with Crippen molar-refractivity contribution in [1.29, 1.82) is 0 Å². The van der Waals surface area contributed by atoms with Gasteiger partial charge in [0.15, 0.2) is 0 Å². The molecule has 3 N–H and O–H groups in total. The third kappa shape index (κ3) is 38.9. The van der Waals surface area contributed by atoms with Gasteiger partial charge in [0.25, 0.3) is 0 Å². The summed E-state index contributed by atoms with van der Waals surface area (Å²) in [6, 6.07) is -0.707. The van der Waals surface area contributed by atoms with Crippen molar-refractivity contribution in [3.05, 3.63) is 36.5 Å². The summed E-state index contributed by atoms with van der Waals surface area (Å²) in [6.07, 6.45) is 50.7. The van der Waals surface area contributed by atoms with E-state index in [4.69, 9.17) is 4.74 Å². The zero-order chi connectivity index (χ0) is 41.0. The molecular formula is C50H93NO5. The predicted molar refractivity (Wildman–Crippen MR) is 241 cm³/mol. The van der Waals surface area contributed by atoms with Crippen LogP contribution >= 0.6 is 0 Å². The third-order valence-corrected chi connectivity index (χ3v) is 11.0. The van der Waals surface area contributed by atoms with Crippen LogP contribution in [0.2, 0.25) is 0 Å². The van der Waals surface area contributed by atoms with E-state index in [1.807, 2.05) is 12.2 Å². The summed E-state index contributed by atoms with van der Waals surface area (Å²) >= 11 is 0. The number of carbonyl (C=O) groups excluding carboxylic acids is 2. The Morgan fingerprint density at radius 1 is 0.536 bits per heavy atom. The van der Waals surface area contributed by atoms with Gasteiger partial charge in [0, 0.05) is 6.42 Å². The number of carbonyl (C=O) groups is 2. The lowest BCUT2D eigenvalue weighted by atomic mass is 10.0. The Morgan fingerprint density at radius 2 is 0.964 bits per heavy atom. The molecule has 0 aromatic heterocycles. The zero-order valence-electron chi connectivity index (χ0n) is 37.3. The van der Waals surface area contributed by atoms with Crippen molar-refractivity contribution in [2.24, 2.45) is 0 Å². The molecule has 1 amide bonds. The Hall–Kier alpha value is -1.92. The lowest BCUT2D eigenvalue weighted by molar-refractivity contribution is -0.151. The van der Waals surface area contributed by atoms with Gasteiger partial charge in [0.2, 0.25) is 5.91 Å². The van der Waals surface area contributed by atoms with Crippen molar-refractivity contribution in [1.82, 2.24) is 5.32 Å². The van der Waals surface area contributed by atoms with Gasteiger partial charge in [-0.3, -0.25) is 9.59 Å². The van der Waals surface area contributed by atoms with Crippen LogP contribution in [0.1, 0.15) is 245 Å². The van der Waals surface area contributed by atoms with Crippen LogP contribution in [0, 0.1) is 0 Å². The maximum Gasteiger partial charge on any atom is 0.306 e. The number of allylic oxidation sites excluding steroid dienone is 6. The third-order valence-electron chi connectivity index (χ3n) is 11.0. The standard InChI is InChI=1S/C50H93NO5/c1-4-7-10-13-16-19-21-22-23-24-25-26-28-31-34-37-40-43-50(55)56-46(41-38-35-32-30-27-20-17-14-11-8-5-2)44-49(54)51-47(45-52)48(53)42-39-36-33-29-18-15-12-9-6-3/h8,11,14,17,20,27,46-48,52-53H,4-7,9-10,12-13,15-16,18-19,21-26,28-45H2,1-3H3,(H,51,54)/b11-8+,17-14+,27-20-. The van der Waals surface area contributed by atoms with Gasteiger partial charge in [0.05, 0.1) is 25.2 Å². The Bertz CT molecular complexity index is 930. The van der Waals surface area contributed by atoms with Gasteiger partial charge in [-0.05, 0) is 44.9 Å². The Balaban J connectivity index is 4.52. The lowest BCUT2D eigenvalue weighted by Gasteiger charge is -2.24. The van der Waals surface area contributed by atoms with Crippen LogP contribution in [0.25, 0.3) is 0 Å². The maximum atomic E-state index is 13.1. The van der Waals surface area contributed by atoms with Gasteiger partial charge < -0.3 is 20.3 Å². The molecule has 0 spiro atoms. The Kier molecular flexibility index (Phi) is 42.7. The van der Waals surface area contributed by atoms with Gasteiger partial charge in [-0.25, -0.2) is 0 Å². The van der Waals surface area contributed by atoms with Crippen LogP contribution in [0.4, 0.5) is 0 Å². The first-order chi connectivity index (χ1) is 27.5. The Morgan fingerprint density at radius 3 is 1.45 bits per heavy atom. The van der Waals surface area contributed by atoms with Crippen LogP contribution in [-0.2, 0) is 14.3 Å². The lowest BCUT2D eigenvalue weighted by Crippen LogP contribution is -2.46. The minimum atomic E-state index is -0.792. The molecule has 3 unspecified atom stereocenters. The van der Waals surface area contributed by atoms with Gasteiger partial charge in [-0.15, -0.1) is 0 Å². The number of amides is 1. The van der Waals surface area contributed by atoms with Crippen LogP contribution in [0.3, 0.4) is 0 Å². The molecule has 0 aliphatic rings. The summed E-state index contributed by atoms with van der Waals surface area (Å²) in [5.41, 5.74) is 0. The zero-order valence-corrected chi connectivity index (χ0v) is 37.3. The van der Waals surface area contributed by atoms with E-state index in [1.165, 1.54) is 128 Å². The smallest absolute Gasteiger partial charge is 0.306 e. The van der Waals surface area contributed by atoms with E-state index in [-0.39, 0.29) is 24.9 Å². The SMILES string of the molecule is CC/C=C/C=C/C=C\CCCCCC(CC(=O)NC(CO)C(O)CCCCCCCCCCC)OC(=O)CCCCCCCCCCCCCCCCCCC. The molecule has 0 bridgehead atoms. The van der Waals surface area contributed by atoms with E-state index in [2.05, 4.69) is 50.4 Å². The minimum absolute atomic E-state index is 0.0576. The van der Waals surface area contributed by atoms with Crippen LogP contribution in [0.15, 0.2) is 36.5 Å². The summed E-state index contributed by atoms with van der Waals surface area (Å²) in [5, 5.41) is 23.6. The van der Waals surface area contributed by atoms with Crippen molar-refractivity contribution in [3.63, 3.8) is 0 Å². The molecule has 6 nitrogen and oxygen atoms in total. The highest BCUT2D eigenvalue weighted by molar-refractivity contribution is 5.77. The second-order valence-corrected chi connectivity index (χ2v) is 16.6. The average molecular weight is 788 g/mol. The van der Waals surface area contributed by atoms with E-state index >= 15 is 0 Å². The predicted octanol–water partition coefficient (Wildman–Crippen LogP) is 14.1. The molecule has 0 heterocycles. The number of esters is 1. The Labute approximate surface area is 347 Å². The topological polar surface area (TPSA) is 95.9 Å². The van der Waals surface area contributed by atoms with E-state index in [9.17, 15) is 19.8 Å². The highest BCUT2D eigenvalue weighted by Gasteiger charge is 2.24. The first kappa shape index (κ1) is 54.1. The van der Waals surface area contributed by atoms with Crippen molar-refractivity contribution < 1.29 is 24.5 Å². The molecule has 6 heteroatoms. The highest BCUT2D eigenvalue weighted by Crippen LogP contribution is 2.18. The van der Waals surface area contributed by atoms with Crippen LogP contribution < -0.4 is 5.32 Å². The van der Waals surface area contributed by atoms with Crippen LogP contribution in [-0.4, -0.2) is 46.9 Å². The van der Waals surface area contributed by atoms with Crippen molar-refractivity contribution in [2.75, 3.05) is 6.61 Å². The molecule has 0 aromatic carbocycles. The number of ether oxygens (including phenoxy) is 1. The van der Waals surface area contributed by atoms with Gasteiger partial charge in [0.1, 0.15) is 6.10 Å². The number of aliphatic hydroxyl groups is 2. The summed E-state index contributed by atoms with van der Waals surface area (Å²) in [6.45, 7) is 6.32. The van der Waals surface area contributed by atoms with Crippen molar-refractivity contribution in [2.45, 2.75) is 264 Å². The van der Waals surface area contributed by atoms with E-state index in [0.29, 0.717) is 19.3 Å². The molecular weight excluding hydrogens is 695 g/mol. The van der Waals surface area contributed by atoms with E-state index in [0.717, 1.165) is 70.6 Å². The van der Waals surface area contributed by atoms with Crippen LogP contribution in [0.5, 0.6) is 0 Å². The molecule has 0 fully saturated rings. The van der Waals surface area contributed by atoms with E-state index in [1.54, 1.807) is 0 Å². The molecule has 0 rings (SSSR count). The molecule has 3 atom stereocenters. The number of unbranched alkanes of at least 4 members (excludes halogenated alkanes) is 27. The molecule has 0 aliphatic carbocycles. The van der Waals surface area contributed by atoms with Gasteiger partial charge in [-0.1, -0.05) is 224 Å².